The number of nitrogens with one attached hydrogen (secondary N) is 1. The number of rotatable bonds is 6. The minimum absolute atomic E-state index is 0.103. The number of carboxylic acid groups (broad SMARTS) is 1. The second kappa shape index (κ2) is 7.07. The quantitative estimate of drug-likeness (QED) is 0.707. The minimum atomic E-state index is -0.801. The minimum Gasteiger partial charge on any atom is -0.481 e. The number of benzene rings is 2. The van der Waals surface area contributed by atoms with Crippen LogP contribution in [0.5, 0.6) is 0 Å². The lowest BCUT2D eigenvalue weighted by atomic mass is 10.2. The van der Waals surface area contributed by atoms with Crippen LogP contribution in [0.1, 0.15) is 17.0 Å². The molecule has 0 saturated carbocycles. The molecule has 0 saturated heterocycles. The van der Waals surface area contributed by atoms with Crippen LogP contribution >= 0.6 is 11.3 Å². The molecule has 0 aliphatic rings. The second-order valence-corrected chi connectivity index (χ2v) is 6.11. The van der Waals surface area contributed by atoms with Gasteiger partial charge in [0.05, 0.1) is 16.6 Å². The zero-order valence-electron chi connectivity index (χ0n) is 12.4. The van der Waals surface area contributed by atoms with E-state index in [-0.39, 0.29) is 6.42 Å². The van der Waals surface area contributed by atoms with E-state index in [0.717, 1.165) is 21.8 Å². The van der Waals surface area contributed by atoms with E-state index < -0.39 is 5.97 Å². The molecular weight excluding hydrogens is 308 g/mol. The van der Waals surface area contributed by atoms with Crippen LogP contribution in [0.4, 0.5) is 5.69 Å². The normalized spacial score (nSPS) is 11.1. The molecule has 1 aromatic heterocycles. The van der Waals surface area contributed by atoms with Crippen LogP contribution in [-0.4, -0.2) is 22.6 Å². The van der Waals surface area contributed by atoms with Gasteiger partial charge in [-0.25, -0.2) is 4.98 Å². The van der Waals surface area contributed by atoms with Crippen molar-refractivity contribution in [2.24, 2.45) is 0 Å². The molecule has 0 unspecified atom stereocenters. The maximum atomic E-state index is 10.5. The molecule has 0 fully saturated rings. The number of nitrogens with zero attached hydrogens (tertiary/aromatic N) is 1. The third kappa shape index (κ3) is 4.17. The van der Waals surface area contributed by atoms with Gasteiger partial charge in [0.25, 0.3) is 0 Å². The highest BCUT2D eigenvalue weighted by atomic mass is 32.1. The molecule has 0 atom stereocenters. The van der Waals surface area contributed by atoms with Crippen LogP contribution in [0.2, 0.25) is 0 Å². The van der Waals surface area contributed by atoms with Crippen molar-refractivity contribution in [1.29, 1.82) is 0 Å². The van der Waals surface area contributed by atoms with E-state index in [1.807, 2.05) is 54.6 Å². The van der Waals surface area contributed by atoms with Crippen molar-refractivity contribution in [2.75, 3.05) is 11.9 Å². The van der Waals surface area contributed by atoms with E-state index in [4.69, 9.17) is 5.11 Å². The predicted molar refractivity (Wildman–Crippen MR) is 95.7 cm³/mol. The summed E-state index contributed by atoms with van der Waals surface area (Å²) in [6.45, 7) is 0.417. The average molecular weight is 324 g/mol. The van der Waals surface area contributed by atoms with Gasteiger partial charge in [-0.2, -0.15) is 0 Å². The first-order valence-corrected chi connectivity index (χ1v) is 8.12. The van der Waals surface area contributed by atoms with Gasteiger partial charge in [0, 0.05) is 12.2 Å². The molecule has 5 heteroatoms. The van der Waals surface area contributed by atoms with E-state index in [1.54, 1.807) is 11.3 Å². The first-order chi connectivity index (χ1) is 11.2. The number of hydrogen-bond acceptors (Lipinski definition) is 4. The van der Waals surface area contributed by atoms with Crippen molar-refractivity contribution >= 4 is 45.4 Å². The van der Waals surface area contributed by atoms with Crippen molar-refractivity contribution in [3.63, 3.8) is 0 Å². The summed E-state index contributed by atoms with van der Waals surface area (Å²) in [5.74, 6) is -0.801. The Hall–Kier alpha value is -2.66. The van der Waals surface area contributed by atoms with Crippen molar-refractivity contribution < 1.29 is 9.90 Å². The number of para-hydroxylation sites is 1. The summed E-state index contributed by atoms with van der Waals surface area (Å²) in [5.41, 5.74) is 2.98. The van der Waals surface area contributed by atoms with Crippen molar-refractivity contribution in [2.45, 2.75) is 6.42 Å². The first-order valence-electron chi connectivity index (χ1n) is 7.30. The Morgan fingerprint density at radius 1 is 1.17 bits per heavy atom. The average Bonchev–Trinajstić information content (AvgIpc) is 2.96. The number of hydrogen-bond donors (Lipinski definition) is 2. The predicted octanol–water partition coefficient (Wildman–Crippen LogP) is 4.35. The molecule has 1 heterocycles. The van der Waals surface area contributed by atoms with Crippen molar-refractivity contribution in [1.82, 2.24) is 4.98 Å². The molecule has 0 aliphatic carbocycles. The first kappa shape index (κ1) is 15.2. The fraction of sp³-hybridized carbons (Fsp3) is 0.111. The maximum Gasteiger partial charge on any atom is 0.305 e. The molecule has 0 aliphatic heterocycles. The van der Waals surface area contributed by atoms with E-state index >= 15 is 0 Å². The molecule has 2 aromatic carbocycles. The maximum absolute atomic E-state index is 10.5. The van der Waals surface area contributed by atoms with E-state index in [9.17, 15) is 4.79 Å². The third-order valence-electron chi connectivity index (χ3n) is 3.28. The molecule has 2 N–H and O–H groups in total. The van der Waals surface area contributed by atoms with Gasteiger partial charge in [-0.05, 0) is 35.9 Å². The Balaban J connectivity index is 1.70. The molecule has 0 bridgehead atoms. The van der Waals surface area contributed by atoms with E-state index in [1.165, 1.54) is 4.70 Å². The topological polar surface area (TPSA) is 62.2 Å². The summed E-state index contributed by atoms with van der Waals surface area (Å²) in [6, 6.07) is 15.9. The number of anilines is 1. The van der Waals surface area contributed by atoms with Crippen LogP contribution < -0.4 is 5.32 Å². The van der Waals surface area contributed by atoms with Crippen LogP contribution in [0.3, 0.4) is 0 Å². The summed E-state index contributed by atoms with van der Waals surface area (Å²) in [6.07, 6.45) is 4.12. The Kier molecular flexibility index (Phi) is 4.68. The second-order valence-electron chi connectivity index (χ2n) is 5.05. The smallest absolute Gasteiger partial charge is 0.305 e. The van der Waals surface area contributed by atoms with Crippen molar-refractivity contribution in [3.8, 4) is 0 Å². The van der Waals surface area contributed by atoms with Crippen LogP contribution in [-0.2, 0) is 4.79 Å². The molecule has 3 rings (SSSR count). The van der Waals surface area contributed by atoms with Gasteiger partial charge >= 0.3 is 5.97 Å². The number of thiazole rings is 1. The number of aromatic nitrogens is 1. The summed E-state index contributed by atoms with van der Waals surface area (Å²) in [7, 11) is 0. The summed E-state index contributed by atoms with van der Waals surface area (Å²) < 4.78 is 1.18. The molecule has 3 aromatic rings. The molecule has 116 valence electrons. The largest absolute Gasteiger partial charge is 0.481 e. The van der Waals surface area contributed by atoms with Crippen LogP contribution in [0, 0.1) is 0 Å². The molecule has 0 radical (unpaired) electrons. The zero-order chi connectivity index (χ0) is 16.1. The van der Waals surface area contributed by atoms with Crippen molar-refractivity contribution in [3.05, 3.63) is 59.1 Å². The van der Waals surface area contributed by atoms with Gasteiger partial charge in [0.1, 0.15) is 5.01 Å². The number of carbonyl (C=O) groups is 1. The Morgan fingerprint density at radius 3 is 2.87 bits per heavy atom. The number of carboxylic acids is 1. The number of fused-ring (bicyclic) bond motifs is 1. The number of aliphatic carboxylic acids is 1. The SMILES string of the molecule is O=C(O)CCNc1cccc(C=Cc2nc3ccccc3s2)c1. The highest BCUT2D eigenvalue weighted by molar-refractivity contribution is 7.19. The molecule has 4 nitrogen and oxygen atoms in total. The van der Waals surface area contributed by atoms with Crippen LogP contribution in [0.15, 0.2) is 48.5 Å². The lowest BCUT2D eigenvalue weighted by Crippen LogP contribution is -2.07. The molecule has 23 heavy (non-hydrogen) atoms. The summed E-state index contributed by atoms with van der Waals surface area (Å²) in [5, 5.41) is 12.7. The zero-order valence-corrected chi connectivity index (χ0v) is 13.2. The fourth-order valence-corrected chi connectivity index (χ4v) is 3.07. The van der Waals surface area contributed by atoms with Gasteiger partial charge in [-0.15, -0.1) is 11.3 Å². The standard InChI is InChI=1S/C18H16N2O2S/c21-18(22)10-11-19-14-5-3-4-13(12-14)8-9-17-20-15-6-1-2-7-16(15)23-17/h1-9,12,19H,10-11H2,(H,21,22). The summed E-state index contributed by atoms with van der Waals surface area (Å²) >= 11 is 1.66. The fourth-order valence-electron chi connectivity index (χ4n) is 2.19. The van der Waals surface area contributed by atoms with E-state index in [2.05, 4.69) is 16.4 Å². The molecule has 0 spiro atoms. The molecular formula is C18H16N2O2S. The highest BCUT2D eigenvalue weighted by Gasteiger charge is 2.00. The monoisotopic (exact) mass is 324 g/mol. The lowest BCUT2D eigenvalue weighted by molar-refractivity contribution is -0.136. The van der Waals surface area contributed by atoms with Gasteiger partial charge < -0.3 is 10.4 Å². The van der Waals surface area contributed by atoms with Gasteiger partial charge in [-0.3, -0.25) is 4.79 Å². The van der Waals surface area contributed by atoms with Gasteiger partial charge in [0.2, 0.25) is 0 Å². The summed E-state index contributed by atoms with van der Waals surface area (Å²) in [4.78, 5) is 15.1. The third-order valence-corrected chi connectivity index (χ3v) is 4.29. The Labute approximate surface area is 138 Å². The van der Waals surface area contributed by atoms with E-state index in [0.29, 0.717) is 6.54 Å². The van der Waals surface area contributed by atoms with Gasteiger partial charge in [-0.1, -0.05) is 30.3 Å². The van der Waals surface area contributed by atoms with Gasteiger partial charge in [0.15, 0.2) is 0 Å². The Bertz CT molecular complexity index is 822. The highest BCUT2D eigenvalue weighted by Crippen LogP contribution is 2.23. The van der Waals surface area contributed by atoms with Crippen LogP contribution in [0.25, 0.3) is 22.4 Å². The Morgan fingerprint density at radius 2 is 2.04 bits per heavy atom. The lowest BCUT2D eigenvalue weighted by Gasteiger charge is -2.05. The molecule has 0 amide bonds.